The van der Waals surface area contributed by atoms with E-state index in [2.05, 4.69) is 17.6 Å². The summed E-state index contributed by atoms with van der Waals surface area (Å²) in [5.41, 5.74) is 4.29. The lowest BCUT2D eigenvalue weighted by atomic mass is 9.86. The predicted octanol–water partition coefficient (Wildman–Crippen LogP) is 4.42. The van der Waals surface area contributed by atoms with E-state index in [4.69, 9.17) is 0 Å². The van der Waals surface area contributed by atoms with Crippen molar-refractivity contribution in [1.82, 2.24) is 8.87 Å². The molecule has 1 saturated carbocycles. The summed E-state index contributed by atoms with van der Waals surface area (Å²) in [6, 6.07) is 9.62. The molecule has 2 aliphatic rings. The van der Waals surface area contributed by atoms with Crippen LogP contribution in [0.5, 0.6) is 0 Å². The molecule has 1 aromatic carbocycles. The van der Waals surface area contributed by atoms with Crippen LogP contribution < -0.4 is 0 Å². The Hall–Kier alpha value is -1.92. The monoisotopic (exact) mass is 428 g/mol. The fourth-order valence-electron chi connectivity index (χ4n) is 5.13. The first kappa shape index (κ1) is 21.3. The standard InChI is InChI=1S/C24H32N2O3S/c1-19-22(18-23(26(19)15-16-27)20-9-3-2-4-10-20)17-21-11-5-6-12-24(21)30(28,29)25-13-7-8-14-25/h5-6,11-12,16,18,20H,2-4,7-10,13-15,17H2,1H3. The highest BCUT2D eigenvalue weighted by atomic mass is 32.2. The van der Waals surface area contributed by atoms with Gasteiger partial charge >= 0.3 is 0 Å². The van der Waals surface area contributed by atoms with Crippen molar-refractivity contribution in [1.29, 1.82) is 0 Å². The van der Waals surface area contributed by atoms with Gasteiger partial charge in [-0.1, -0.05) is 37.5 Å². The topological polar surface area (TPSA) is 59.4 Å². The normalized spacial score (nSPS) is 18.7. The molecule has 1 aliphatic heterocycles. The summed E-state index contributed by atoms with van der Waals surface area (Å²) in [7, 11) is -3.47. The van der Waals surface area contributed by atoms with Crippen molar-refractivity contribution in [3.63, 3.8) is 0 Å². The van der Waals surface area contributed by atoms with Crippen LogP contribution in [0.25, 0.3) is 0 Å². The van der Waals surface area contributed by atoms with Gasteiger partial charge in [-0.3, -0.25) is 0 Å². The van der Waals surface area contributed by atoms with E-state index in [-0.39, 0.29) is 0 Å². The molecular weight excluding hydrogens is 396 g/mol. The first-order chi connectivity index (χ1) is 14.5. The lowest BCUT2D eigenvalue weighted by molar-refractivity contribution is -0.108. The molecule has 0 spiro atoms. The first-order valence-corrected chi connectivity index (χ1v) is 12.7. The van der Waals surface area contributed by atoms with Crippen LogP contribution in [0, 0.1) is 6.92 Å². The lowest BCUT2D eigenvalue weighted by Gasteiger charge is -2.23. The van der Waals surface area contributed by atoms with Crippen molar-refractivity contribution < 1.29 is 13.2 Å². The number of benzene rings is 1. The molecule has 1 aliphatic carbocycles. The highest BCUT2D eigenvalue weighted by Crippen LogP contribution is 2.36. The molecule has 0 bridgehead atoms. The lowest BCUT2D eigenvalue weighted by Crippen LogP contribution is -2.28. The van der Waals surface area contributed by atoms with Gasteiger partial charge in [-0.25, -0.2) is 8.42 Å². The second-order valence-electron chi connectivity index (χ2n) is 8.69. The van der Waals surface area contributed by atoms with Gasteiger partial charge in [0.15, 0.2) is 0 Å². The number of carbonyl (C=O) groups is 1. The van der Waals surface area contributed by atoms with Crippen LogP contribution in [0.1, 0.15) is 73.4 Å². The second kappa shape index (κ2) is 9.06. The number of nitrogens with zero attached hydrogens (tertiary/aromatic N) is 2. The van der Waals surface area contributed by atoms with Gasteiger partial charge in [0.2, 0.25) is 10.0 Å². The zero-order chi connectivity index (χ0) is 21.1. The molecule has 0 radical (unpaired) electrons. The summed E-state index contributed by atoms with van der Waals surface area (Å²) < 4.78 is 30.2. The van der Waals surface area contributed by atoms with E-state index in [1.165, 1.54) is 37.8 Å². The van der Waals surface area contributed by atoms with Crippen molar-refractivity contribution in [3.05, 3.63) is 52.8 Å². The zero-order valence-electron chi connectivity index (χ0n) is 17.8. The molecule has 6 heteroatoms. The van der Waals surface area contributed by atoms with Gasteiger partial charge in [-0.2, -0.15) is 4.31 Å². The third-order valence-electron chi connectivity index (χ3n) is 6.82. The van der Waals surface area contributed by atoms with E-state index in [0.717, 1.165) is 35.9 Å². The van der Waals surface area contributed by atoms with E-state index in [1.54, 1.807) is 10.4 Å². The number of aromatic nitrogens is 1. The summed E-state index contributed by atoms with van der Waals surface area (Å²) >= 11 is 0. The Morgan fingerprint density at radius 2 is 1.70 bits per heavy atom. The number of rotatable bonds is 7. The minimum Gasteiger partial charge on any atom is -0.341 e. The van der Waals surface area contributed by atoms with Gasteiger partial charge < -0.3 is 9.36 Å². The highest BCUT2D eigenvalue weighted by molar-refractivity contribution is 7.89. The Balaban J connectivity index is 1.69. The van der Waals surface area contributed by atoms with Crippen LogP contribution in [0.3, 0.4) is 0 Å². The molecule has 4 rings (SSSR count). The fraction of sp³-hybridized carbons (Fsp3) is 0.542. The molecular formula is C24H32N2O3S. The summed E-state index contributed by atoms with van der Waals surface area (Å²) in [4.78, 5) is 11.8. The number of sulfonamides is 1. The van der Waals surface area contributed by atoms with Crippen molar-refractivity contribution >= 4 is 16.3 Å². The summed E-state index contributed by atoms with van der Waals surface area (Å²) in [6.45, 7) is 3.64. The number of hydrogen-bond donors (Lipinski definition) is 0. The van der Waals surface area contributed by atoms with Crippen molar-refractivity contribution in [2.75, 3.05) is 13.1 Å². The van der Waals surface area contributed by atoms with E-state index >= 15 is 0 Å². The van der Waals surface area contributed by atoms with Crippen LogP contribution in [0.15, 0.2) is 35.2 Å². The Morgan fingerprint density at radius 1 is 1.00 bits per heavy atom. The molecule has 0 atom stereocenters. The molecule has 1 aromatic heterocycles. The fourth-order valence-corrected chi connectivity index (χ4v) is 6.87. The zero-order valence-corrected chi connectivity index (χ0v) is 18.7. The van der Waals surface area contributed by atoms with Crippen LogP contribution in [0.4, 0.5) is 0 Å². The van der Waals surface area contributed by atoms with Gasteiger partial charge in [0.1, 0.15) is 6.29 Å². The molecule has 2 aromatic rings. The van der Waals surface area contributed by atoms with Gasteiger partial charge in [-0.05, 0) is 61.8 Å². The van der Waals surface area contributed by atoms with Crippen molar-refractivity contribution in [2.45, 2.75) is 75.6 Å². The quantitative estimate of drug-likeness (QED) is 0.614. The average Bonchev–Trinajstić information content (AvgIpc) is 3.40. The summed E-state index contributed by atoms with van der Waals surface area (Å²) in [6.07, 6.45) is 9.50. The Labute approximate surface area is 180 Å². The van der Waals surface area contributed by atoms with Crippen LogP contribution in [-0.2, 0) is 27.8 Å². The number of aldehydes is 1. The minimum atomic E-state index is -3.47. The van der Waals surface area contributed by atoms with Gasteiger partial charge in [0.05, 0.1) is 11.4 Å². The minimum absolute atomic E-state index is 0.366. The maximum atomic E-state index is 13.2. The molecule has 30 heavy (non-hydrogen) atoms. The predicted molar refractivity (Wildman–Crippen MR) is 118 cm³/mol. The molecule has 0 unspecified atom stereocenters. The van der Waals surface area contributed by atoms with Crippen LogP contribution >= 0.6 is 0 Å². The molecule has 0 N–H and O–H groups in total. The van der Waals surface area contributed by atoms with Gasteiger partial charge in [0.25, 0.3) is 0 Å². The number of hydrogen-bond acceptors (Lipinski definition) is 3. The Kier molecular flexibility index (Phi) is 6.44. The van der Waals surface area contributed by atoms with Crippen molar-refractivity contribution in [3.8, 4) is 0 Å². The van der Waals surface area contributed by atoms with Crippen molar-refractivity contribution in [2.24, 2.45) is 0 Å². The molecule has 5 nitrogen and oxygen atoms in total. The van der Waals surface area contributed by atoms with Crippen LogP contribution in [-0.4, -0.2) is 36.7 Å². The second-order valence-corrected chi connectivity index (χ2v) is 10.6. The third-order valence-corrected chi connectivity index (χ3v) is 8.82. The van der Waals surface area contributed by atoms with E-state index in [1.807, 2.05) is 18.2 Å². The van der Waals surface area contributed by atoms with E-state index < -0.39 is 10.0 Å². The summed E-state index contributed by atoms with van der Waals surface area (Å²) in [5, 5.41) is 0. The molecule has 2 fully saturated rings. The van der Waals surface area contributed by atoms with E-state index in [0.29, 0.717) is 36.9 Å². The molecule has 162 valence electrons. The SMILES string of the molecule is Cc1c(Cc2ccccc2S(=O)(=O)N2CCCC2)cc(C2CCCCC2)n1CC=O. The first-order valence-electron chi connectivity index (χ1n) is 11.2. The Bertz CT molecular complexity index is 997. The van der Waals surface area contributed by atoms with Crippen LogP contribution in [0.2, 0.25) is 0 Å². The number of carbonyl (C=O) groups excluding carboxylic acids is 1. The molecule has 0 amide bonds. The average molecular weight is 429 g/mol. The van der Waals surface area contributed by atoms with E-state index in [9.17, 15) is 13.2 Å². The maximum Gasteiger partial charge on any atom is 0.243 e. The smallest absolute Gasteiger partial charge is 0.243 e. The third kappa shape index (κ3) is 4.12. The summed E-state index contributed by atoms with van der Waals surface area (Å²) in [5.74, 6) is 0.495. The van der Waals surface area contributed by atoms with Gasteiger partial charge in [0, 0.05) is 30.9 Å². The molecule has 2 heterocycles. The maximum absolute atomic E-state index is 13.2. The molecule has 1 saturated heterocycles. The highest BCUT2D eigenvalue weighted by Gasteiger charge is 2.29. The van der Waals surface area contributed by atoms with Gasteiger partial charge in [-0.15, -0.1) is 0 Å². The Morgan fingerprint density at radius 3 is 2.40 bits per heavy atom. The largest absolute Gasteiger partial charge is 0.341 e.